The molecule has 88 valence electrons. The molecule has 0 aliphatic rings. The SMILES string of the molecule is CCOC(=O)[C@H](N)C(C)(C)C(=O)OCC. The van der Waals surface area contributed by atoms with Crippen LogP contribution in [0.2, 0.25) is 0 Å². The molecule has 0 radical (unpaired) electrons. The van der Waals surface area contributed by atoms with E-state index in [4.69, 9.17) is 15.2 Å². The summed E-state index contributed by atoms with van der Waals surface area (Å²) in [7, 11) is 0. The van der Waals surface area contributed by atoms with Crippen LogP contribution in [0.25, 0.3) is 0 Å². The molecule has 0 saturated heterocycles. The molecule has 0 rings (SSSR count). The van der Waals surface area contributed by atoms with Gasteiger partial charge >= 0.3 is 11.9 Å². The third-order valence-corrected chi connectivity index (χ3v) is 2.12. The van der Waals surface area contributed by atoms with Crippen LogP contribution in [0.5, 0.6) is 0 Å². The van der Waals surface area contributed by atoms with E-state index in [1.165, 1.54) is 0 Å². The highest BCUT2D eigenvalue weighted by molar-refractivity contribution is 5.87. The van der Waals surface area contributed by atoms with Crippen molar-refractivity contribution < 1.29 is 19.1 Å². The Kier molecular flexibility index (Phi) is 5.28. The fourth-order valence-electron chi connectivity index (χ4n) is 0.971. The molecule has 5 nitrogen and oxygen atoms in total. The number of nitrogens with two attached hydrogens (primary N) is 1. The van der Waals surface area contributed by atoms with E-state index in [0.29, 0.717) is 0 Å². The second-order valence-corrected chi connectivity index (χ2v) is 3.67. The maximum atomic E-state index is 11.5. The summed E-state index contributed by atoms with van der Waals surface area (Å²) in [5.74, 6) is -1.08. The molecule has 0 saturated carbocycles. The van der Waals surface area contributed by atoms with Crippen molar-refractivity contribution in [1.29, 1.82) is 0 Å². The van der Waals surface area contributed by atoms with Gasteiger partial charge < -0.3 is 15.2 Å². The molecular formula is C10H19NO4. The van der Waals surface area contributed by atoms with Gasteiger partial charge in [0.05, 0.1) is 18.6 Å². The minimum atomic E-state index is -1.07. The number of carbonyl (C=O) groups excluding carboxylic acids is 2. The summed E-state index contributed by atoms with van der Waals surface area (Å²) in [6, 6.07) is -1.00. The maximum Gasteiger partial charge on any atom is 0.324 e. The molecule has 0 amide bonds. The van der Waals surface area contributed by atoms with Gasteiger partial charge in [0.15, 0.2) is 0 Å². The zero-order valence-electron chi connectivity index (χ0n) is 9.70. The number of rotatable bonds is 5. The van der Waals surface area contributed by atoms with Crippen LogP contribution in [0.3, 0.4) is 0 Å². The first-order valence-electron chi connectivity index (χ1n) is 4.97. The van der Waals surface area contributed by atoms with E-state index in [2.05, 4.69) is 0 Å². The Hall–Kier alpha value is -1.10. The molecule has 0 aliphatic heterocycles. The van der Waals surface area contributed by atoms with Gasteiger partial charge in [-0.1, -0.05) is 0 Å². The second kappa shape index (κ2) is 5.70. The quantitative estimate of drug-likeness (QED) is 0.677. The van der Waals surface area contributed by atoms with Crippen LogP contribution < -0.4 is 5.73 Å². The third-order valence-electron chi connectivity index (χ3n) is 2.12. The average Bonchev–Trinajstić information content (AvgIpc) is 2.17. The molecule has 0 spiro atoms. The first-order valence-corrected chi connectivity index (χ1v) is 4.97. The Morgan fingerprint density at radius 2 is 1.67 bits per heavy atom. The lowest BCUT2D eigenvalue weighted by Gasteiger charge is -2.27. The van der Waals surface area contributed by atoms with Gasteiger partial charge in [0.1, 0.15) is 6.04 Å². The Morgan fingerprint density at radius 1 is 1.20 bits per heavy atom. The van der Waals surface area contributed by atoms with E-state index < -0.39 is 23.4 Å². The number of carbonyl (C=O) groups is 2. The van der Waals surface area contributed by atoms with Crippen LogP contribution in [0.1, 0.15) is 27.7 Å². The second-order valence-electron chi connectivity index (χ2n) is 3.67. The summed E-state index contributed by atoms with van der Waals surface area (Å²) in [5, 5.41) is 0. The summed E-state index contributed by atoms with van der Waals surface area (Å²) >= 11 is 0. The van der Waals surface area contributed by atoms with Crippen molar-refractivity contribution in [2.45, 2.75) is 33.7 Å². The van der Waals surface area contributed by atoms with Gasteiger partial charge in [0.25, 0.3) is 0 Å². The van der Waals surface area contributed by atoms with Crippen molar-refractivity contribution in [3.05, 3.63) is 0 Å². The fourth-order valence-corrected chi connectivity index (χ4v) is 0.971. The van der Waals surface area contributed by atoms with Crippen LogP contribution in [0, 0.1) is 5.41 Å². The van der Waals surface area contributed by atoms with Crippen molar-refractivity contribution in [2.24, 2.45) is 11.1 Å². The lowest BCUT2D eigenvalue weighted by atomic mass is 9.85. The topological polar surface area (TPSA) is 78.6 Å². The van der Waals surface area contributed by atoms with Gasteiger partial charge in [-0.05, 0) is 27.7 Å². The minimum absolute atomic E-state index is 0.242. The fraction of sp³-hybridized carbons (Fsp3) is 0.800. The molecule has 0 unspecified atom stereocenters. The van der Waals surface area contributed by atoms with E-state index >= 15 is 0 Å². The number of hydrogen-bond donors (Lipinski definition) is 1. The zero-order chi connectivity index (χ0) is 12.1. The monoisotopic (exact) mass is 217 g/mol. The molecule has 0 aliphatic carbocycles. The normalized spacial score (nSPS) is 13.1. The molecule has 0 aromatic carbocycles. The third kappa shape index (κ3) is 3.51. The first kappa shape index (κ1) is 13.9. The van der Waals surface area contributed by atoms with Crippen LogP contribution in [-0.2, 0) is 19.1 Å². The Bertz CT molecular complexity index is 238. The smallest absolute Gasteiger partial charge is 0.324 e. The number of ether oxygens (including phenoxy) is 2. The summed E-state index contributed by atoms with van der Waals surface area (Å²) < 4.78 is 9.58. The van der Waals surface area contributed by atoms with Crippen molar-refractivity contribution >= 4 is 11.9 Å². The molecule has 0 bridgehead atoms. The predicted octanol–water partition coefficient (Wildman–Crippen LogP) is 0.466. The highest BCUT2D eigenvalue weighted by atomic mass is 16.5. The Morgan fingerprint density at radius 3 is 2.07 bits per heavy atom. The van der Waals surface area contributed by atoms with E-state index in [9.17, 15) is 9.59 Å². The minimum Gasteiger partial charge on any atom is -0.466 e. The standard InChI is InChI=1S/C10H19NO4/c1-5-14-8(12)7(11)10(3,4)9(13)15-6-2/h7H,5-6,11H2,1-4H3/t7-/m0/s1. The van der Waals surface area contributed by atoms with Gasteiger partial charge in [-0.3, -0.25) is 9.59 Å². The summed E-state index contributed by atoms with van der Waals surface area (Å²) in [6.45, 7) is 7.01. The largest absolute Gasteiger partial charge is 0.466 e. The van der Waals surface area contributed by atoms with Crippen molar-refractivity contribution in [3.8, 4) is 0 Å². The van der Waals surface area contributed by atoms with E-state index in [-0.39, 0.29) is 13.2 Å². The molecule has 1 atom stereocenters. The maximum absolute atomic E-state index is 11.5. The summed E-state index contributed by atoms with van der Waals surface area (Å²) in [5.41, 5.74) is 4.57. The Labute approximate surface area is 89.9 Å². The van der Waals surface area contributed by atoms with Crippen molar-refractivity contribution in [2.75, 3.05) is 13.2 Å². The lowest BCUT2D eigenvalue weighted by molar-refractivity contribution is -0.162. The van der Waals surface area contributed by atoms with Gasteiger partial charge in [-0.15, -0.1) is 0 Å². The molecule has 15 heavy (non-hydrogen) atoms. The first-order chi connectivity index (χ1) is 6.87. The van der Waals surface area contributed by atoms with Gasteiger partial charge in [-0.2, -0.15) is 0 Å². The van der Waals surface area contributed by atoms with Crippen LogP contribution in [0.4, 0.5) is 0 Å². The molecule has 0 fully saturated rings. The van der Waals surface area contributed by atoms with Crippen molar-refractivity contribution in [3.63, 3.8) is 0 Å². The summed E-state index contributed by atoms with van der Waals surface area (Å²) in [6.07, 6.45) is 0. The lowest BCUT2D eigenvalue weighted by Crippen LogP contribution is -2.50. The number of esters is 2. The predicted molar refractivity (Wildman–Crippen MR) is 55.0 cm³/mol. The molecule has 2 N–H and O–H groups in total. The highest BCUT2D eigenvalue weighted by Gasteiger charge is 2.41. The highest BCUT2D eigenvalue weighted by Crippen LogP contribution is 2.22. The van der Waals surface area contributed by atoms with Crippen LogP contribution >= 0.6 is 0 Å². The van der Waals surface area contributed by atoms with Gasteiger partial charge in [0.2, 0.25) is 0 Å². The molecule has 0 heterocycles. The van der Waals surface area contributed by atoms with E-state index in [0.717, 1.165) is 0 Å². The van der Waals surface area contributed by atoms with Crippen LogP contribution in [0.15, 0.2) is 0 Å². The van der Waals surface area contributed by atoms with E-state index in [1.807, 2.05) is 0 Å². The molecular weight excluding hydrogens is 198 g/mol. The summed E-state index contributed by atoms with van der Waals surface area (Å²) in [4.78, 5) is 22.8. The number of hydrogen-bond acceptors (Lipinski definition) is 5. The van der Waals surface area contributed by atoms with Gasteiger partial charge in [-0.25, -0.2) is 0 Å². The Balaban J connectivity index is 4.56. The molecule has 0 aromatic rings. The molecule has 5 heteroatoms. The van der Waals surface area contributed by atoms with Crippen molar-refractivity contribution in [1.82, 2.24) is 0 Å². The molecule has 0 aromatic heterocycles. The zero-order valence-corrected chi connectivity index (χ0v) is 9.70. The van der Waals surface area contributed by atoms with Crippen LogP contribution in [-0.4, -0.2) is 31.2 Å². The average molecular weight is 217 g/mol. The van der Waals surface area contributed by atoms with E-state index in [1.54, 1.807) is 27.7 Å². The van der Waals surface area contributed by atoms with Gasteiger partial charge in [0, 0.05) is 0 Å².